The minimum atomic E-state index is -4.41. The molecule has 0 radical (unpaired) electrons. The van der Waals surface area contributed by atoms with Crippen LogP contribution in [0.3, 0.4) is 0 Å². The highest BCUT2D eigenvalue weighted by atomic mass is 127. The number of guanidine groups is 1. The van der Waals surface area contributed by atoms with Crippen LogP contribution in [-0.4, -0.2) is 30.6 Å². The number of ether oxygens (including phenoxy) is 1. The Morgan fingerprint density at radius 1 is 1.20 bits per heavy atom. The lowest BCUT2D eigenvalue weighted by molar-refractivity contribution is -0.140. The third-order valence-corrected chi connectivity index (χ3v) is 5.56. The smallest absolute Gasteiger partial charge is 0.434 e. The molecular weight excluding hydrogens is 528 g/mol. The summed E-state index contributed by atoms with van der Waals surface area (Å²) in [6, 6.07) is 8.11. The van der Waals surface area contributed by atoms with Gasteiger partial charge in [-0.25, -0.2) is 4.98 Å². The summed E-state index contributed by atoms with van der Waals surface area (Å²) in [5.74, 6) is 1.43. The standard InChI is InChI=1S/C20H25F3N4OS.HI/c1-24-19(26-12-18-27-17(13-29-18)20(21,22)23)25-11-10-14-6-8-16(9-7-14)28-15-4-2-3-5-15;/h6-9,13,15H,2-5,10-12H2,1H3,(H2,24,25,26);1H. The van der Waals surface area contributed by atoms with Crippen molar-refractivity contribution in [2.75, 3.05) is 13.6 Å². The molecule has 3 rings (SSSR count). The van der Waals surface area contributed by atoms with Crippen LogP contribution in [0.15, 0.2) is 34.6 Å². The van der Waals surface area contributed by atoms with Gasteiger partial charge in [-0.15, -0.1) is 35.3 Å². The van der Waals surface area contributed by atoms with Crippen molar-refractivity contribution >= 4 is 41.3 Å². The molecule has 10 heteroatoms. The molecule has 1 aromatic heterocycles. The van der Waals surface area contributed by atoms with E-state index in [2.05, 4.69) is 32.7 Å². The van der Waals surface area contributed by atoms with E-state index in [1.807, 2.05) is 12.1 Å². The lowest BCUT2D eigenvalue weighted by Crippen LogP contribution is -2.37. The fraction of sp³-hybridized carbons (Fsp3) is 0.500. The number of hydrogen-bond donors (Lipinski definition) is 2. The Kier molecular flexibility index (Phi) is 9.66. The minimum Gasteiger partial charge on any atom is -0.490 e. The van der Waals surface area contributed by atoms with Gasteiger partial charge in [-0.05, 0) is 49.8 Å². The average molecular weight is 554 g/mol. The summed E-state index contributed by atoms with van der Waals surface area (Å²) < 4.78 is 43.8. The number of alkyl halides is 3. The maximum Gasteiger partial charge on any atom is 0.434 e. The first kappa shape index (κ1) is 24.7. The van der Waals surface area contributed by atoms with Gasteiger partial charge in [0.15, 0.2) is 11.7 Å². The Hall–Kier alpha value is -1.56. The Morgan fingerprint density at radius 2 is 1.90 bits per heavy atom. The summed E-state index contributed by atoms with van der Waals surface area (Å²) in [6.07, 6.45) is 1.49. The maximum atomic E-state index is 12.6. The predicted octanol–water partition coefficient (Wildman–Crippen LogP) is 5.01. The fourth-order valence-corrected chi connectivity index (χ4v) is 3.90. The fourth-order valence-electron chi connectivity index (χ4n) is 3.16. The van der Waals surface area contributed by atoms with Gasteiger partial charge in [0.2, 0.25) is 0 Å². The van der Waals surface area contributed by atoms with Crippen molar-refractivity contribution in [1.82, 2.24) is 15.6 Å². The van der Waals surface area contributed by atoms with Crippen molar-refractivity contribution in [1.29, 1.82) is 0 Å². The van der Waals surface area contributed by atoms with Gasteiger partial charge in [0.1, 0.15) is 10.8 Å². The molecule has 2 N–H and O–H groups in total. The van der Waals surface area contributed by atoms with Gasteiger partial charge in [0.25, 0.3) is 0 Å². The number of nitrogens with zero attached hydrogens (tertiary/aromatic N) is 2. The zero-order valence-electron chi connectivity index (χ0n) is 16.7. The Morgan fingerprint density at radius 3 is 2.50 bits per heavy atom. The normalized spacial score (nSPS) is 15.0. The van der Waals surface area contributed by atoms with Crippen molar-refractivity contribution in [3.05, 3.63) is 45.9 Å². The molecule has 0 saturated heterocycles. The topological polar surface area (TPSA) is 58.5 Å². The summed E-state index contributed by atoms with van der Waals surface area (Å²) in [7, 11) is 1.62. The molecule has 0 bridgehead atoms. The molecule has 0 atom stereocenters. The Bertz CT molecular complexity index is 805. The highest BCUT2D eigenvalue weighted by molar-refractivity contribution is 14.0. The van der Waals surface area contributed by atoms with Gasteiger partial charge >= 0.3 is 6.18 Å². The molecule has 2 aromatic rings. The number of hydrogen-bond acceptors (Lipinski definition) is 4. The first-order valence-electron chi connectivity index (χ1n) is 9.66. The number of rotatable bonds is 7. The molecule has 30 heavy (non-hydrogen) atoms. The van der Waals surface area contributed by atoms with E-state index in [0.29, 0.717) is 23.6 Å². The van der Waals surface area contributed by atoms with E-state index in [0.717, 1.165) is 41.7 Å². The summed E-state index contributed by atoms with van der Waals surface area (Å²) in [5, 5.41) is 7.53. The first-order valence-corrected chi connectivity index (χ1v) is 10.5. The number of halogens is 4. The number of nitrogens with one attached hydrogen (secondary N) is 2. The van der Waals surface area contributed by atoms with Gasteiger partial charge in [0, 0.05) is 19.0 Å². The maximum absolute atomic E-state index is 12.6. The third-order valence-electron chi connectivity index (χ3n) is 4.71. The molecule has 0 unspecified atom stereocenters. The lowest BCUT2D eigenvalue weighted by Gasteiger charge is -2.14. The van der Waals surface area contributed by atoms with Crippen LogP contribution in [0, 0.1) is 0 Å². The molecule has 0 spiro atoms. The first-order chi connectivity index (χ1) is 13.9. The molecule has 166 valence electrons. The van der Waals surface area contributed by atoms with Gasteiger partial charge in [-0.1, -0.05) is 12.1 Å². The molecule has 1 aliphatic rings. The van der Waals surface area contributed by atoms with E-state index >= 15 is 0 Å². The summed E-state index contributed by atoms with van der Waals surface area (Å²) in [5.41, 5.74) is 0.309. The molecular formula is C20H26F3IN4OS. The zero-order chi connectivity index (χ0) is 20.7. The van der Waals surface area contributed by atoms with Crippen molar-refractivity contribution in [3.8, 4) is 5.75 Å². The van der Waals surface area contributed by atoms with E-state index in [-0.39, 0.29) is 30.5 Å². The molecule has 1 aromatic carbocycles. The van der Waals surface area contributed by atoms with E-state index in [1.54, 1.807) is 7.05 Å². The molecule has 0 amide bonds. The van der Waals surface area contributed by atoms with Crippen LogP contribution in [0.5, 0.6) is 5.75 Å². The van der Waals surface area contributed by atoms with Gasteiger partial charge < -0.3 is 15.4 Å². The Balaban J connectivity index is 0.00000320. The van der Waals surface area contributed by atoms with Crippen LogP contribution in [0.4, 0.5) is 13.2 Å². The molecule has 1 heterocycles. The zero-order valence-corrected chi connectivity index (χ0v) is 19.8. The average Bonchev–Trinajstić information content (AvgIpc) is 3.37. The quantitative estimate of drug-likeness (QED) is 0.287. The second-order valence-corrected chi connectivity index (χ2v) is 7.84. The second kappa shape index (κ2) is 11.7. The van der Waals surface area contributed by atoms with Gasteiger partial charge in [-0.2, -0.15) is 13.2 Å². The predicted molar refractivity (Wildman–Crippen MR) is 124 cm³/mol. The lowest BCUT2D eigenvalue weighted by atomic mass is 10.1. The summed E-state index contributed by atoms with van der Waals surface area (Å²) >= 11 is 0.974. The third kappa shape index (κ3) is 7.60. The van der Waals surface area contributed by atoms with Crippen LogP contribution >= 0.6 is 35.3 Å². The van der Waals surface area contributed by atoms with Crippen molar-refractivity contribution in [3.63, 3.8) is 0 Å². The van der Waals surface area contributed by atoms with Crippen LogP contribution in [0.25, 0.3) is 0 Å². The second-order valence-electron chi connectivity index (χ2n) is 6.90. The van der Waals surface area contributed by atoms with Crippen LogP contribution < -0.4 is 15.4 Å². The SMILES string of the molecule is CN=C(NCCc1ccc(OC2CCCC2)cc1)NCc1nc(C(F)(F)F)cs1.I. The number of benzene rings is 1. The molecule has 1 fully saturated rings. The molecule has 0 aliphatic heterocycles. The van der Waals surface area contributed by atoms with Crippen LogP contribution in [-0.2, 0) is 19.1 Å². The van der Waals surface area contributed by atoms with E-state index in [9.17, 15) is 13.2 Å². The van der Waals surface area contributed by atoms with E-state index in [1.165, 1.54) is 18.4 Å². The molecule has 1 aliphatic carbocycles. The monoisotopic (exact) mass is 554 g/mol. The van der Waals surface area contributed by atoms with Crippen LogP contribution in [0.2, 0.25) is 0 Å². The van der Waals surface area contributed by atoms with Crippen molar-refractivity contribution < 1.29 is 17.9 Å². The van der Waals surface area contributed by atoms with E-state index < -0.39 is 11.9 Å². The van der Waals surface area contributed by atoms with Gasteiger partial charge in [-0.3, -0.25) is 4.99 Å². The van der Waals surface area contributed by atoms with Gasteiger partial charge in [0.05, 0.1) is 12.6 Å². The van der Waals surface area contributed by atoms with Crippen molar-refractivity contribution in [2.45, 2.75) is 50.9 Å². The Labute approximate surface area is 195 Å². The largest absolute Gasteiger partial charge is 0.490 e. The minimum absolute atomic E-state index is 0. The molecule has 1 saturated carbocycles. The summed E-state index contributed by atoms with van der Waals surface area (Å²) in [6.45, 7) is 0.835. The number of aliphatic imine (C=N–C) groups is 1. The van der Waals surface area contributed by atoms with Crippen LogP contribution in [0.1, 0.15) is 41.9 Å². The highest BCUT2D eigenvalue weighted by Gasteiger charge is 2.33. The molecule has 5 nitrogen and oxygen atoms in total. The van der Waals surface area contributed by atoms with Crippen molar-refractivity contribution in [2.24, 2.45) is 4.99 Å². The summed E-state index contributed by atoms with van der Waals surface area (Å²) in [4.78, 5) is 7.69. The highest BCUT2D eigenvalue weighted by Crippen LogP contribution is 2.30. The van der Waals surface area contributed by atoms with E-state index in [4.69, 9.17) is 4.74 Å². The number of aromatic nitrogens is 1. The number of thiazole rings is 1.